The second kappa shape index (κ2) is 7.14. The van der Waals surface area contributed by atoms with E-state index in [1.54, 1.807) is 0 Å². The highest BCUT2D eigenvalue weighted by atomic mass is 32.2. The second-order valence-corrected chi connectivity index (χ2v) is 7.22. The molecule has 9 nitrogen and oxygen atoms in total. The molecular formula is C14H18N2O7S. The number of nitro benzene ring substituents is 1. The van der Waals surface area contributed by atoms with Gasteiger partial charge in [0.15, 0.2) is 11.9 Å². The van der Waals surface area contributed by atoms with E-state index >= 15 is 0 Å². The molecule has 1 unspecified atom stereocenters. The van der Waals surface area contributed by atoms with E-state index in [2.05, 4.69) is 4.74 Å². The molecule has 1 aliphatic rings. The first kappa shape index (κ1) is 18.1. The Bertz CT molecular complexity index is 741. The second-order valence-electron chi connectivity index (χ2n) is 5.28. The fourth-order valence-corrected chi connectivity index (χ4v) is 3.92. The summed E-state index contributed by atoms with van der Waals surface area (Å²) in [5.41, 5.74) is -0.522. The van der Waals surface area contributed by atoms with Crippen molar-refractivity contribution in [2.75, 3.05) is 20.2 Å². The zero-order chi connectivity index (χ0) is 17.9. The molecule has 1 fully saturated rings. The van der Waals surface area contributed by atoms with E-state index in [-0.39, 0.29) is 10.6 Å². The topological polar surface area (TPSA) is 116 Å². The van der Waals surface area contributed by atoms with Crippen LogP contribution in [0.2, 0.25) is 0 Å². The normalized spacial score (nSPS) is 16.6. The minimum Gasteiger partial charge on any atom is -0.472 e. The fourth-order valence-electron chi connectivity index (χ4n) is 2.38. The Morgan fingerprint density at radius 3 is 2.50 bits per heavy atom. The number of hydrogen-bond acceptors (Lipinski definition) is 7. The van der Waals surface area contributed by atoms with Gasteiger partial charge >= 0.3 is 11.7 Å². The number of rotatable bonds is 6. The predicted octanol–water partition coefficient (Wildman–Crippen LogP) is 1.32. The van der Waals surface area contributed by atoms with Crippen molar-refractivity contribution < 1.29 is 27.6 Å². The van der Waals surface area contributed by atoms with Crippen LogP contribution in [0.3, 0.4) is 0 Å². The number of carbonyl (C=O) groups excluding carboxylic acids is 1. The largest absolute Gasteiger partial charge is 0.472 e. The molecule has 1 aromatic rings. The third-order valence-electron chi connectivity index (χ3n) is 3.67. The molecule has 0 aliphatic carbocycles. The Balaban J connectivity index is 2.36. The molecule has 1 heterocycles. The number of nitrogens with zero attached hydrogens (tertiary/aromatic N) is 2. The van der Waals surface area contributed by atoms with Crippen LogP contribution in [0.4, 0.5) is 5.69 Å². The molecule has 0 spiro atoms. The van der Waals surface area contributed by atoms with Gasteiger partial charge in [-0.2, -0.15) is 4.31 Å². The molecule has 0 N–H and O–H groups in total. The quantitative estimate of drug-likeness (QED) is 0.428. The molecule has 0 bridgehead atoms. The lowest BCUT2D eigenvalue weighted by molar-refractivity contribution is -0.386. The molecule has 132 valence electrons. The van der Waals surface area contributed by atoms with Crippen LogP contribution in [0.1, 0.15) is 19.8 Å². The van der Waals surface area contributed by atoms with Gasteiger partial charge in [0.1, 0.15) is 0 Å². The van der Waals surface area contributed by atoms with Gasteiger partial charge in [0.05, 0.1) is 16.9 Å². The number of ether oxygens (including phenoxy) is 2. The van der Waals surface area contributed by atoms with Gasteiger partial charge in [0.2, 0.25) is 10.0 Å². The van der Waals surface area contributed by atoms with Crippen LogP contribution in [-0.4, -0.2) is 49.9 Å². The highest BCUT2D eigenvalue weighted by Gasteiger charge is 2.30. The summed E-state index contributed by atoms with van der Waals surface area (Å²) in [6.45, 7) is 2.17. The summed E-state index contributed by atoms with van der Waals surface area (Å²) in [6, 6.07) is 3.37. The number of hydrogen-bond donors (Lipinski definition) is 0. The number of esters is 1. The smallest absolute Gasteiger partial charge is 0.346 e. The average molecular weight is 358 g/mol. The van der Waals surface area contributed by atoms with Crippen molar-refractivity contribution >= 4 is 21.7 Å². The minimum absolute atomic E-state index is 0.172. The Kier molecular flexibility index (Phi) is 5.40. The van der Waals surface area contributed by atoms with Gasteiger partial charge in [-0.15, -0.1) is 0 Å². The lowest BCUT2D eigenvalue weighted by atomic mass is 10.3. The average Bonchev–Trinajstić information content (AvgIpc) is 3.09. The van der Waals surface area contributed by atoms with Crippen molar-refractivity contribution in [1.29, 1.82) is 0 Å². The molecule has 1 saturated heterocycles. The van der Waals surface area contributed by atoms with E-state index < -0.39 is 32.7 Å². The van der Waals surface area contributed by atoms with Gasteiger partial charge in [-0.05, 0) is 31.9 Å². The van der Waals surface area contributed by atoms with Crippen LogP contribution in [0, 0.1) is 10.1 Å². The molecule has 0 aromatic heterocycles. The van der Waals surface area contributed by atoms with Crippen LogP contribution in [0.15, 0.2) is 23.1 Å². The lowest BCUT2D eigenvalue weighted by Gasteiger charge is -2.16. The standard InChI is InChI=1S/C14H18N2O7S/c1-10(14(17)22-2)23-13-6-5-11(9-12(13)16(18)19)24(20,21)15-7-3-4-8-15/h5-6,9-10H,3-4,7-8H2,1-2H3. The van der Waals surface area contributed by atoms with Crippen molar-refractivity contribution in [2.45, 2.75) is 30.8 Å². The zero-order valence-electron chi connectivity index (χ0n) is 13.3. The molecule has 0 amide bonds. The predicted molar refractivity (Wildman–Crippen MR) is 83.2 cm³/mol. The molecule has 1 aliphatic heterocycles. The maximum absolute atomic E-state index is 12.5. The van der Waals surface area contributed by atoms with Gasteiger partial charge in [-0.1, -0.05) is 0 Å². The number of nitro groups is 1. The number of sulfonamides is 1. The summed E-state index contributed by atoms with van der Waals surface area (Å²) in [6.07, 6.45) is 0.466. The summed E-state index contributed by atoms with van der Waals surface area (Å²) in [7, 11) is -2.61. The molecule has 0 saturated carbocycles. The molecule has 0 radical (unpaired) electrons. The van der Waals surface area contributed by atoms with E-state index in [0.29, 0.717) is 13.1 Å². The van der Waals surface area contributed by atoms with Crippen molar-refractivity contribution in [2.24, 2.45) is 0 Å². The summed E-state index contributed by atoms with van der Waals surface area (Å²) < 4.78 is 36.0. The summed E-state index contributed by atoms with van der Waals surface area (Å²) in [5, 5.41) is 11.2. The van der Waals surface area contributed by atoms with E-state index in [4.69, 9.17) is 4.74 Å². The molecule has 24 heavy (non-hydrogen) atoms. The Hall–Kier alpha value is -2.20. The van der Waals surface area contributed by atoms with Crippen LogP contribution in [-0.2, 0) is 19.6 Å². The maximum Gasteiger partial charge on any atom is 0.346 e. The first-order chi connectivity index (χ1) is 11.3. The van der Waals surface area contributed by atoms with Crippen molar-refractivity contribution in [3.63, 3.8) is 0 Å². The molecular weight excluding hydrogens is 340 g/mol. The maximum atomic E-state index is 12.5. The Labute approximate surface area is 139 Å². The molecule has 2 rings (SSSR count). The summed E-state index contributed by atoms with van der Waals surface area (Å²) in [5.74, 6) is -0.892. The van der Waals surface area contributed by atoms with Crippen LogP contribution in [0.25, 0.3) is 0 Å². The Morgan fingerprint density at radius 2 is 1.96 bits per heavy atom. The van der Waals surface area contributed by atoms with Crippen molar-refractivity contribution in [3.05, 3.63) is 28.3 Å². The van der Waals surface area contributed by atoms with Gasteiger partial charge in [-0.3, -0.25) is 10.1 Å². The number of benzene rings is 1. The zero-order valence-corrected chi connectivity index (χ0v) is 14.1. The van der Waals surface area contributed by atoms with E-state index in [1.807, 2.05) is 0 Å². The van der Waals surface area contributed by atoms with Gasteiger partial charge < -0.3 is 9.47 Å². The summed E-state index contributed by atoms with van der Waals surface area (Å²) in [4.78, 5) is 21.7. The highest BCUT2D eigenvalue weighted by Crippen LogP contribution is 2.32. The SMILES string of the molecule is COC(=O)C(C)Oc1ccc(S(=O)(=O)N2CCCC2)cc1[N+](=O)[O-]. The van der Waals surface area contributed by atoms with Crippen LogP contribution in [0.5, 0.6) is 5.75 Å². The van der Waals surface area contributed by atoms with Crippen LogP contribution >= 0.6 is 0 Å². The third-order valence-corrected chi connectivity index (χ3v) is 5.56. The van der Waals surface area contributed by atoms with Crippen LogP contribution < -0.4 is 4.74 Å². The monoisotopic (exact) mass is 358 g/mol. The molecule has 10 heteroatoms. The third kappa shape index (κ3) is 3.65. The van der Waals surface area contributed by atoms with Gasteiger partial charge in [0, 0.05) is 19.2 Å². The van der Waals surface area contributed by atoms with Crippen molar-refractivity contribution in [3.8, 4) is 5.75 Å². The number of carbonyl (C=O) groups is 1. The number of methoxy groups -OCH3 is 1. The van der Waals surface area contributed by atoms with E-state index in [9.17, 15) is 23.3 Å². The molecule has 1 atom stereocenters. The first-order valence-corrected chi connectivity index (χ1v) is 8.74. The van der Waals surface area contributed by atoms with Gasteiger partial charge in [0.25, 0.3) is 0 Å². The van der Waals surface area contributed by atoms with E-state index in [1.165, 1.54) is 30.5 Å². The summed E-state index contributed by atoms with van der Waals surface area (Å²) >= 11 is 0. The van der Waals surface area contributed by atoms with Gasteiger partial charge in [-0.25, -0.2) is 13.2 Å². The molecule has 1 aromatic carbocycles. The minimum atomic E-state index is -3.78. The fraction of sp³-hybridized carbons (Fsp3) is 0.500. The lowest BCUT2D eigenvalue weighted by Crippen LogP contribution is -2.28. The van der Waals surface area contributed by atoms with Crippen molar-refractivity contribution in [1.82, 2.24) is 4.31 Å². The highest BCUT2D eigenvalue weighted by molar-refractivity contribution is 7.89. The Morgan fingerprint density at radius 1 is 1.33 bits per heavy atom. The first-order valence-electron chi connectivity index (χ1n) is 7.30. The van der Waals surface area contributed by atoms with E-state index in [0.717, 1.165) is 18.9 Å².